The second-order valence-corrected chi connectivity index (χ2v) is 7.21. The molecule has 0 radical (unpaired) electrons. The van der Waals surface area contributed by atoms with E-state index in [2.05, 4.69) is 10.6 Å². The topological polar surface area (TPSA) is 78.5 Å². The molecule has 152 valence electrons. The summed E-state index contributed by atoms with van der Waals surface area (Å²) >= 11 is 0. The fraction of sp³-hybridized carbons (Fsp3) is 0.348. The number of piperidine rings is 1. The molecule has 2 aromatic carbocycles. The Kier molecular flexibility index (Phi) is 7.39. The van der Waals surface area contributed by atoms with Crippen molar-refractivity contribution in [2.45, 2.75) is 32.1 Å². The van der Waals surface area contributed by atoms with Crippen LogP contribution in [0.25, 0.3) is 0 Å². The molecule has 6 heteroatoms. The second-order valence-electron chi connectivity index (χ2n) is 7.21. The maximum atomic E-state index is 12.6. The maximum absolute atomic E-state index is 12.6. The highest BCUT2D eigenvalue weighted by Gasteiger charge is 2.18. The first kappa shape index (κ1) is 20.6. The van der Waals surface area contributed by atoms with E-state index in [1.807, 2.05) is 23.1 Å². The van der Waals surface area contributed by atoms with Gasteiger partial charge in [0.1, 0.15) is 0 Å². The van der Waals surface area contributed by atoms with E-state index >= 15 is 0 Å². The zero-order valence-electron chi connectivity index (χ0n) is 16.5. The van der Waals surface area contributed by atoms with Crippen molar-refractivity contribution in [3.8, 4) is 0 Å². The van der Waals surface area contributed by atoms with Crippen LogP contribution in [0.5, 0.6) is 0 Å². The molecule has 0 spiro atoms. The number of hydrogen-bond acceptors (Lipinski definition) is 3. The summed E-state index contributed by atoms with van der Waals surface area (Å²) in [6.45, 7) is 2.02. The van der Waals surface area contributed by atoms with Crippen molar-refractivity contribution >= 4 is 23.4 Å². The molecule has 6 nitrogen and oxygen atoms in total. The van der Waals surface area contributed by atoms with Crippen LogP contribution in [0.15, 0.2) is 54.6 Å². The van der Waals surface area contributed by atoms with Gasteiger partial charge in [-0.15, -0.1) is 0 Å². The molecule has 0 unspecified atom stereocenters. The van der Waals surface area contributed by atoms with Gasteiger partial charge in [0.15, 0.2) is 0 Å². The Bertz CT molecular complexity index is 845. The number of nitrogens with zero attached hydrogens (tertiary/aromatic N) is 1. The molecule has 29 heavy (non-hydrogen) atoms. The van der Waals surface area contributed by atoms with Crippen molar-refractivity contribution in [1.29, 1.82) is 0 Å². The molecule has 1 aliphatic heterocycles. The molecule has 3 amide bonds. The largest absolute Gasteiger partial charge is 0.352 e. The number of rotatable bonds is 7. The van der Waals surface area contributed by atoms with Gasteiger partial charge < -0.3 is 15.5 Å². The molecule has 0 atom stereocenters. The van der Waals surface area contributed by atoms with Crippen LogP contribution in [-0.2, 0) is 4.79 Å². The highest BCUT2D eigenvalue weighted by atomic mass is 16.2. The summed E-state index contributed by atoms with van der Waals surface area (Å²) in [6, 6.07) is 16.1. The predicted octanol–water partition coefficient (Wildman–Crippen LogP) is 3.46. The minimum Gasteiger partial charge on any atom is -0.352 e. The smallest absolute Gasteiger partial charge is 0.253 e. The first-order valence-corrected chi connectivity index (χ1v) is 10.2. The number of anilines is 1. The van der Waals surface area contributed by atoms with E-state index in [0.29, 0.717) is 36.2 Å². The fourth-order valence-electron chi connectivity index (χ4n) is 3.38. The van der Waals surface area contributed by atoms with E-state index in [4.69, 9.17) is 0 Å². The summed E-state index contributed by atoms with van der Waals surface area (Å²) in [4.78, 5) is 38.6. The molecule has 0 saturated carbocycles. The van der Waals surface area contributed by atoms with Crippen molar-refractivity contribution in [1.82, 2.24) is 10.2 Å². The van der Waals surface area contributed by atoms with Gasteiger partial charge in [0, 0.05) is 42.9 Å². The van der Waals surface area contributed by atoms with E-state index in [1.54, 1.807) is 36.4 Å². The van der Waals surface area contributed by atoms with Crippen LogP contribution >= 0.6 is 0 Å². The van der Waals surface area contributed by atoms with Crippen molar-refractivity contribution in [2.24, 2.45) is 0 Å². The quantitative estimate of drug-likeness (QED) is 0.707. The summed E-state index contributed by atoms with van der Waals surface area (Å²) in [5, 5.41) is 5.65. The Labute approximate surface area is 171 Å². The lowest BCUT2D eigenvalue weighted by Gasteiger charge is -2.26. The molecular weight excluding hydrogens is 366 g/mol. The third-order valence-corrected chi connectivity index (χ3v) is 4.94. The Hall–Kier alpha value is -3.15. The lowest BCUT2D eigenvalue weighted by molar-refractivity contribution is -0.116. The normalized spacial score (nSPS) is 13.6. The van der Waals surface area contributed by atoms with E-state index in [-0.39, 0.29) is 17.7 Å². The standard InChI is InChI=1S/C23H27N3O3/c27-21(13-8-14-24-22(28)18-9-3-1-4-10-18)25-20-12-7-11-19(17-20)23(29)26-15-5-2-6-16-26/h1,3-4,7,9-12,17H,2,5-6,8,13-16H2,(H,24,28)(H,25,27). The number of nitrogens with one attached hydrogen (secondary N) is 2. The van der Waals surface area contributed by atoms with Crippen LogP contribution < -0.4 is 10.6 Å². The van der Waals surface area contributed by atoms with Crippen LogP contribution in [-0.4, -0.2) is 42.3 Å². The van der Waals surface area contributed by atoms with Crippen molar-refractivity contribution < 1.29 is 14.4 Å². The maximum Gasteiger partial charge on any atom is 0.253 e. The lowest BCUT2D eigenvalue weighted by atomic mass is 10.1. The molecule has 0 aromatic heterocycles. The van der Waals surface area contributed by atoms with E-state index in [1.165, 1.54) is 6.42 Å². The first-order chi connectivity index (χ1) is 14.1. The van der Waals surface area contributed by atoms with Gasteiger partial charge in [-0.05, 0) is 56.0 Å². The van der Waals surface area contributed by atoms with Crippen LogP contribution in [0.4, 0.5) is 5.69 Å². The number of hydrogen-bond donors (Lipinski definition) is 2. The van der Waals surface area contributed by atoms with E-state index in [0.717, 1.165) is 25.9 Å². The highest BCUT2D eigenvalue weighted by molar-refractivity contribution is 5.97. The second kappa shape index (κ2) is 10.4. The summed E-state index contributed by atoms with van der Waals surface area (Å²) in [6.07, 6.45) is 4.09. The Morgan fingerprint density at radius 1 is 0.862 bits per heavy atom. The van der Waals surface area contributed by atoms with Gasteiger partial charge in [-0.1, -0.05) is 24.3 Å². The van der Waals surface area contributed by atoms with Crippen molar-refractivity contribution in [3.63, 3.8) is 0 Å². The zero-order chi connectivity index (χ0) is 20.5. The Balaban J connectivity index is 1.43. The van der Waals surface area contributed by atoms with Gasteiger partial charge in [0.2, 0.25) is 5.91 Å². The van der Waals surface area contributed by atoms with Crippen molar-refractivity contribution in [2.75, 3.05) is 25.0 Å². The average Bonchev–Trinajstić information content (AvgIpc) is 2.77. The molecule has 2 aromatic rings. The van der Waals surface area contributed by atoms with Crippen LogP contribution in [0.2, 0.25) is 0 Å². The molecule has 0 aliphatic carbocycles. The summed E-state index contributed by atoms with van der Waals surface area (Å²) in [5.41, 5.74) is 1.82. The average molecular weight is 393 g/mol. The van der Waals surface area contributed by atoms with Crippen LogP contribution in [0, 0.1) is 0 Å². The number of carbonyl (C=O) groups is 3. The third kappa shape index (κ3) is 6.17. The van der Waals surface area contributed by atoms with Gasteiger partial charge in [-0.2, -0.15) is 0 Å². The van der Waals surface area contributed by atoms with Gasteiger partial charge in [0.25, 0.3) is 11.8 Å². The Morgan fingerprint density at radius 2 is 1.59 bits per heavy atom. The minimum absolute atomic E-state index is 0.0180. The van der Waals surface area contributed by atoms with Gasteiger partial charge in [-0.3, -0.25) is 14.4 Å². The number of benzene rings is 2. The third-order valence-electron chi connectivity index (χ3n) is 4.94. The van der Waals surface area contributed by atoms with Gasteiger partial charge in [0.05, 0.1) is 0 Å². The van der Waals surface area contributed by atoms with E-state index < -0.39 is 0 Å². The van der Waals surface area contributed by atoms with E-state index in [9.17, 15) is 14.4 Å². The summed E-state index contributed by atoms with van der Waals surface area (Å²) in [7, 11) is 0. The summed E-state index contributed by atoms with van der Waals surface area (Å²) in [5.74, 6) is -0.263. The molecule has 1 aliphatic rings. The molecule has 1 heterocycles. The van der Waals surface area contributed by atoms with Crippen LogP contribution in [0.3, 0.4) is 0 Å². The molecular formula is C23H27N3O3. The van der Waals surface area contributed by atoms with Crippen LogP contribution in [0.1, 0.15) is 52.8 Å². The molecule has 0 bridgehead atoms. The number of carbonyl (C=O) groups excluding carboxylic acids is 3. The molecule has 3 rings (SSSR count). The molecule has 1 fully saturated rings. The van der Waals surface area contributed by atoms with Gasteiger partial charge >= 0.3 is 0 Å². The van der Waals surface area contributed by atoms with Gasteiger partial charge in [-0.25, -0.2) is 0 Å². The minimum atomic E-state index is -0.144. The lowest BCUT2D eigenvalue weighted by Crippen LogP contribution is -2.35. The highest BCUT2D eigenvalue weighted by Crippen LogP contribution is 2.16. The predicted molar refractivity (Wildman–Crippen MR) is 113 cm³/mol. The monoisotopic (exact) mass is 393 g/mol. The number of likely N-dealkylation sites (tertiary alicyclic amines) is 1. The SMILES string of the molecule is O=C(CCCNC(=O)c1ccccc1)Nc1cccc(C(=O)N2CCCCC2)c1. The van der Waals surface area contributed by atoms with Crippen molar-refractivity contribution in [3.05, 3.63) is 65.7 Å². The first-order valence-electron chi connectivity index (χ1n) is 10.2. The fourth-order valence-corrected chi connectivity index (χ4v) is 3.38. The summed E-state index contributed by atoms with van der Waals surface area (Å²) < 4.78 is 0. The zero-order valence-corrected chi connectivity index (χ0v) is 16.5. The molecule has 2 N–H and O–H groups in total. The molecule has 1 saturated heterocycles. The Morgan fingerprint density at radius 3 is 2.34 bits per heavy atom. The number of amides is 3.